The smallest absolute Gasteiger partial charge is 0.407 e. The average Bonchev–Trinajstić information content (AvgIpc) is 2.87. The number of likely N-dealkylation sites (tertiary alicyclic amines) is 1. The van der Waals surface area contributed by atoms with Crippen molar-refractivity contribution in [1.29, 1.82) is 0 Å². The Hall–Kier alpha value is -3.58. The van der Waals surface area contributed by atoms with Crippen molar-refractivity contribution < 1.29 is 28.9 Å². The average molecular weight is 464 g/mol. The van der Waals surface area contributed by atoms with Crippen LogP contribution in [0.5, 0.6) is 5.75 Å². The molecule has 0 aliphatic carbocycles. The summed E-state index contributed by atoms with van der Waals surface area (Å²) in [6.07, 6.45) is -0.731. The molecular weight excluding hydrogens is 434 g/mol. The van der Waals surface area contributed by atoms with Crippen molar-refractivity contribution in [2.24, 2.45) is 0 Å². The molecular formula is C27H29NO6. The zero-order valence-electron chi connectivity index (χ0n) is 19.4. The quantitative estimate of drug-likeness (QED) is 0.492. The molecule has 2 atom stereocenters. The third-order valence-corrected chi connectivity index (χ3v) is 6.25. The van der Waals surface area contributed by atoms with Crippen molar-refractivity contribution in [3.8, 4) is 5.75 Å². The second kappa shape index (κ2) is 10.6. The number of esters is 1. The first kappa shape index (κ1) is 23.6. The Morgan fingerprint density at radius 3 is 2.59 bits per heavy atom. The molecule has 4 rings (SSSR count). The summed E-state index contributed by atoms with van der Waals surface area (Å²) in [4.78, 5) is 25.2. The van der Waals surface area contributed by atoms with Gasteiger partial charge in [-0.3, -0.25) is 0 Å². The maximum atomic E-state index is 12.2. The van der Waals surface area contributed by atoms with Crippen LogP contribution in [0, 0.1) is 0 Å². The summed E-state index contributed by atoms with van der Waals surface area (Å²) in [5, 5.41) is 11.8. The van der Waals surface area contributed by atoms with E-state index in [1.54, 1.807) is 26.2 Å². The molecule has 0 spiro atoms. The SMILES string of the molecule is CCOC(=O)c1ccc(C2CCN(C(=O)O)CC2OCc2ccc3ccccc3c2)c(OC)c1. The van der Waals surface area contributed by atoms with Gasteiger partial charge in [0.2, 0.25) is 0 Å². The van der Waals surface area contributed by atoms with Crippen molar-refractivity contribution in [2.45, 2.75) is 32.0 Å². The molecule has 34 heavy (non-hydrogen) atoms. The van der Waals surface area contributed by atoms with Gasteiger partial charge in [-0.25, -0.2) is 9.59 Å². The van der Waals surface area contributed by atoms with E-state index in [1.807, 2.05) is 24.3 Å². The fraction of sp³-hybridized carbons (Fsp3) is 0.333. The summed E-state index contributed by atoms with van der Waals surface area (Å²) in [6, 6.07) is 19.6. The number of carbonyl (C=O) groups is 2. The Morgan fingerprint density at radius 2 is 1.85 bits per heavy atom. The van der Waals surface area contributed by atoms with Crippen molar-refractivity contribution in [3.63, 3.8) is 0 Å². The second-order valence-electron chi connectivity index (χ2n) is 8.33. The van der Waals surface area contributed by atoms with Gasteiger partial charge in [-0.1, -0.05) is 42.5 Å². The Kier molecular flexibility index (Phi) is 7.33. The highest BCUT2D eigenvalue weighted by Crippen LogP contribution is 2.37. The lowest BCUT2D eigenvalue weighted by molar-refractivity contribution is -0.0203. The molecule has 0 bridgehead atoms. The van der Waals surface area contributed by atoms with Crippen LogP contribution >= 0.6 is 0 Å². The van der Waals surface area contributed by atoms with Gasteiger partial charge in [-0.15, -0.1) is 0 Å². The number of ether oxygens (including phenoxy) is 3. The van der Waals surface area contributed by atoms with E-state index in [1.165, 1.54) is 4.90 Å². The van der Waals surface area contributed by atoms with Crippen LogP contribution in [0.1, 0.15) is 40.7 Å². The topological polar surface area (TPSA) is 85.3 Å². The zero-order valence-corrected chi connectivity index (χ0v) is 19.4. The van der Waals surface area contributed by atoms with Gasteiger partial charge in [0.05, 0.1) is 38.5 Å². The number of rotatable bonds is 7. The number of fused-ring (bicyclic) bond motifs is 1. The molecule has 7 nitrogen and oxygen atoms in total. The molecule has 3 aromatic carbocycles. The molecule has 2 unspecified atom stereocenters. The summed E-state index contributed by atoms with van der Waals surface area (Å²) in [7, 11) is 1.56. The number of carboxylic acid groups (broad SMARTS) is 1. The predicted octanol–water partition coefficient (Wildman–Crippen LogP) is 5.08. The molecule has 7 heteroatoms. The molecule has 3 aromatic rings. The van der Waals surface area contributed by atoms with Crippen molar-refractivity contribution in [2.75, 3.05) is 26.8 Å². The number of methoxy groups -OCH3 is 1. The van der Waals surface area contributed by atoms with Crippen LogP contribution in [-0.4, -0.2) is 55.0 Å². The van der Waals surface area contributed by atoms with E-state index >= 15 is 0 Å². The van der Waals surface area contributed by atoms with Crippen LogP contribution in [-0.2, 0) is 16.1 Å². The first-order valence-electron chi connectivity index (χ1n) is 11.4. The van der Waals surface area contributed by atoms with Gasteiger partial charge < -0.3 is 24.2 Å². The highest BCUT2D eigenvalue weighted by atomic mass is 16.5. The number of carbonyl (C=O) groups excluding carboxylic acids is 1. The van der Waals surface area contributed by atoms with E-state index in [2.05, 4.69) is 24.3 Å². The standard InChI is InChI=1S/C27H29NO6/c1-3-33-26(29)21-10-11-22(24(15-21)32-2)23-12-13-28(27(30)31)16-25(23)34-17-18-8-9-19-6-4-5-7-20(19)14-18/h4-11,14-15,23,25H,3,12-13,16-17H2,1-2H3,(H,30,31). The van der Waals surface area contributed by atoms with Gasteiger partial charge in [0.25, 0.3) is 0 Å². The summed E-state index contributed by atoms with van der Waals surface area (Å²) in [5.41, 5.74) is 2.33. The Bertz CT molecular complexity index is 1180. The second-order valence-corrected chi connectivity index (χ2v) is 8.33. The fourth-order valence-electron chi connectivity index (χ4n) is 4.51. The number of piperidine rings is 1. The van der Waals surface area contributed by atoms with Crippen molar-refractivity contribution in [3.05, 3.63) is 77.4 Å². The maximum Gasteiger partial charge on any atom is 0.407 e. The molecule has 1 amide bonds. The predicted molar refractivity (Wildman–Crippen MR) is 128 cm³/mol. The van der Waals surface area contributed by atoms with Crippen molar-refractivity contribution in [1.82, 2.24) is 4.90 Å². The number of hydrogen-bond donors (Lipinski definition) is 1. The third-order valence-electron chi connectivity index (χ3n) is 6.25. The lowest BCUT2D eigenvalue weighted by atomic mass is 9.86. The molecule has 1 aliphatic heterocycles. The lowest BCUT2D eigenvalue weighted by Gasteiger charge is -2.37. The molecule has 0 radical (unpaired) electrons. The van der Waals surface area contributed by atoms with Crippen LogP contribution in [0.2, 0.25) is 0 Å². The molecule has 0 saturated carbocycles. The number of amides is 1. The van der Waals surface area contributed by atoms with Crippen molar-refractivity contribution >= 4 is 22.8 Å². The Labute approximate surface area is 198 Å². The van der Waals surface area contributed by atoms with Gasteiger partial charge in [-0.05, 0) is 53.4 Å². The molecule has 1 N–H and O–H groups in total. The van der Waals surface area contributed by atoms with E-state index in [0.29, 0.717) is 37.5 Å². The van der Waals surface area contributed by atoms with Gasteiger partial charge in [0.1, 0.15) is 5.75 Å². The highest BCUT2D eigenvalue weighted by Gasteiger charge is 2.35. The Balaban J connectivity index is 1.58. The van der Waals surface area contributed by atoms with Gasteiger partial charge >= 0.3 is 12.1 Å². The fourth-order valence-corrected chi connectivity index (χ4v) is 4.51. The summed E-state index contributed by atoms with van der Waals surface area (Å²) >= 11 is 0. The van der Waals surface area contributed by atoms with Crippen LogP contribution in [0.25, 0.3) is 10.8 Å². The van der Waals surface area contributed by atoms with Gasteiger partial charge in [0.15, 0.2) is 0 Å². The molecule has 1 heterocycles. The molecule has 1 aliphatic rings. The lowest BCUT2D eigenvalue weighted by Crippen LogP contribution is -2.46. The summed E-state index contributed by atoms with van der Waals surface area (Å²) < 4.78 is 17.0. The monoisotopic (exact) mass is 463 g/mol. The van der Waals surface area contributed by atoms with Gasteiger partial charge in [0, 0.05) is 12.5 Å². The molecule has 178 valence electrons. The number of nitrogens with zero attached hydrogens (tertiary/aromatic N) is 1. The van der Waals surface area contributed by atoms with Gasteiger partial charge in [-0.2, -0.15) is 0 Å². The minimum absolute atomic E-state index is 0.0812. The normalized spacial score (nSPS) is 18.0. The first-order chi connectivity index (χ1) is 16.5. The largest absolute Gasteiger partial charge is 0.496 e. The summed E-state index contributed by atoms with van der Waals surface area (Å²) in [5.74, 6) is 0.0815. The van der Waals surface area contributed by atoms with Crippen LogP contribution < -0.4 is 4.74 Å². The minimum atomic E-state index is -0.956. The number of hydrogen-bond acceptors (Lipinski definition) is 5. The summed E-state index contributed by atoms with van der Waals surface area (Å²) in [6.45, 7) is 3.08. The molecule has 1 saturated heterocycles. The third kappa shape index (κ3) is 5.15. The van der Waals surface area contributed by atoms with Crippen LogP contribution in [0.3, 0.4) is 0 Å². The zero-order chi connectivity index (χ0) is 24.1. The van der Waals surface area contributed by atoms with E-state index in [9.17, 15) is 14.7 Å². The number of benzene rings is 3. The highest BCUT2D eigenvalue weighted by molar-refractivity contribution is 5.90. The minimum Gasteiger partial charge on any atom is -0.496 e. The van der Waals surface area contributed by atoms with Crippen LogP contribution in [0.4, 0.5) is 4.79 Å². The molecule has 0 aromatic heterocycles. The van der Waals surface area contributed by atoms with E-state index in [4.69, 9.17) is 14.2 Å². The molecule has 1 fully saturated rings. The van der Waals surface area contributed by atoms with E-state index in [0.717, 1.165) is 21.9 Å². The first-order valence-corrected chi connectivity index (χ1v) is 11.4. The maximum absolute atomic E-state index is 12.2. The van der Waals surface area contributed by atoms with E-state index < -0.39 is 12.1 Å². The van der Waals surface area contributed by atoms with E-state index in [-0.39, 0.29) is 18.6 Å². The van der Waals surface area contributed by atoms with Crippen LogP contribution in [0.15, 0.2) is 60.7 Å². The Morgan fingerprint density at radius 1 is 1.06 bits per heavy atom.